The third-order valence-corrected chi connectivity index (χ3v) is 6.88. The highest BCUT2D eigenvalue weighted by Gasteiger charge is 2.46. The number of piperidine rings is 1. The Labute approximate surface area is 205 Å². The number of carbonyl (C=O) groups is 1. The van der Waals surface area contributed by atoms with Gasteiger partial charge in [-0.05, 0) is 44.9 Å². The van der Waals surface area contributed by atoms with Gasteiger partial charge in [-0.25, -0.2) is 9.97 Å². The van der Waals surface area contributed by atoms with Crippen molar-refractivity contribution in [3.8, 4) is 17.0 Å². The van der Waals surface area contributed by atoms with Crippen molar-refractivity contribution < 1.29 is 9.53 Å². The lowest BCUT2D eigenvalue weighted by Gasteiger charge is -2.46. The Morgan fingerprint density at radius 1 is 1.06 bits per heavy atom. The summed E-state index contributed by atoms with van der Waals surface area (Å²) in [5.41, 5.74) is 3.84. The summed E-state index contributed by atoms with van der Waals surface area (Å²) < 4.78 is 5.38. The van der Waals surface area contributed by atoms with Crippen molar-refractivity contribution in [1.29, 1.82) is 0 Å². The highest BCUT2D eigenvalue weighted by molar-refractivity contribution is 5.87. The maximum atomic E-state index is 13.8. The summed E-state index contributed by atoms with van der Waals surface area (Å²) in [7, 11) is 3.45. The minimum atomic E-state index is -0.564. The average molecular weight is 477 g/mol. The molecule has 1 aromatic carbocycles. The number of carbonyl (C=O) groups excluding carboxylic acids is 1. The van der Waals surface area contributed by atoms with Crippen LogP contribution in [0.3, 0.4) is 0 Å². The Bertz CT molecular complexity index is 1210. The summed E-state index contributed by atoms with van der Waals surface area (Å²) >= 11 is 0. The molecule has 3 aromatic rings. The lowest BCUT2D eigenvalue weighted by atomic mass is 9.84. The van der Waals surface area contributed by atoms with Crippen LogP contribution in [0.15, 0.2) is 30.3 Å². The lowest BCUT2D eigenvalue weighted by molar-refractivity contribution is -0.143. The van der Waals surface area contributed by atoms with Gasteiger partial charge < -0.3 is 19.9 Å². The van der Waals surface area contributed by atoms with Crippen LogP contribution in [-0.2, 0) is 18.4 Å². The second-order valence-corrected chi connectivity index (χ2v) is 9.39. The van der Waals surface area contributed by atoms with Crippen molar-refractivity contribution in [2.45, 2.75) is 38.8 Å². The van der Waals surface area contributed by atoms with Gasteiger partial charge in [-0.3, -0.25) is 4.79 Å². The second-order valence-electron chi connectivity index (χ2n) is 9.39. The van der Waals surface area contributed by atoms with E-state index in [1.807, 2.05) is 49.1 Å². The molecule has 0 bridgehead atoms. The van der Waals surface area contributed by atoms with Gasteiger partial charge in [0, 0.05) is 50.2 Å². The Balaban J connectivity index is 1.32. The van der Waals surface area contributed by atoms with Crippen LogP contribution in [-0.4, -0.2) is 74.6 Å². The molecule has 1 amide bonds. The van der Waals surface area contributed by atoms with E-state index in [0.717, 1.165) is 59.7 Å². The number of aryl methyl sites for hydroxylation is 3. The summed E-state index contributed by atoms with van der Waals surface area (Å²) in [6.45, 7) is 7.25. The Morgan fingerprint density at radius 2 is 1.80 bits per heavy atom. The fourth-order valence-corrected chi connectivity index (χ4v) is 5.12. The van der Waals surface area contributed by atoms with Crippen LogP contribution in [0.4, 0.5) is 5.95 Å². The van der Waals surface area contributed by atoms with Gasteiger partial charge in [-0.1, -0.05) is 12.1 Å². The molecule has 2 aromatic heterocycles. The average Bonchev–Trinajstić information content (AvgIpc) is 3.22. The summed E-state index contributed by atoms with van der Waals surface area (Å²) in [4.78, 5) is 28.6. The second kappa shape index (κ2) is 9.26. The van der Waals surface area contributed by atoms with Crippen LogP contribution in [0.1, 0.15) is 29.9 Å². The van der Waals surface area contributed by atoms with Gasteiger partial charge >= 0.3 is 0 Å². The van der Waals surface area contributed by atoms with Gasteiger partial charge in [0.15, 0.2) is 0 Å². The molecule has 4 heterocycles. The molecular formula is C25H32N8O2. The van der Waals surface area contributed by atoms with E-state index in [0.29, 0.717) is 25.9 Å². The lowest BCUT2D eigenvalue weighted by Crippen LogP contribution is -2.67. The van der Waals surface area contributed by atoms with Crippen molar-refractivity contribution >= 4 is 11.9 Å². The zero-order valence-corrected chi connectivity index (χ0v) is 20.8. The van der Waals surface area contributed by atoms with Gasteiger partial charge in [0.2, 0.25) is 11.9 Å². The first-order valence-electron chi connectivity index (χ1n) is 12.0. The van der Waals surface area contributed by atoms with E-state index in [1.54, 1.807) is 19.0 Å². The monoisotopic (exact) mass is 476 g/mol. The molecule has 0 radical (unpaired) electrons. The molecule has 10 heteroatoms. The Kier molecular flexibility index (Phi) is 6.14. The predicted octanol–water partition coefficient (Wildman–Crippen LogP) is 1.87. The van der Waals surface area contributed by atoms with Gasteiger partial charge in [-0.15, -0.1) is 0 Å². The molecule has 0 unspecified atom stereocenters. The summed E-state index contributed by atoms with van der Waals surface area (Å²) in [6.07, 6.45) is 1.42. The molecule has 184 valence electrons. The largest absolute Gasteiger partial charge is 0.497 e. The van der Waals surface area contributed by atoms with E-state index in [1.165, 1.54) is 0 Å². The van der Waals surface area contributed by atoms with E-state index in [-0.39, 0.29) is 5.91 Å². The number of aromatic nitrogens is 5. The van der Waals surface area contributed by atoms with Crippen LogP contribution in [0.5, 0.6) is 5.75 Å². The third kappa shape index (κ3) is 4.58. The first-order chi connectivity index (χ1) is 16.9. The van der Waals surface area contributed by atoms with Crippen molar-refractivity contribution in [2.75, 3.05) is 38.2 Å². The highest BCUT2D eigenvalue weighted by atomic mass is 16.5. The molecule has 0 atom stereocenters. The molecule has 5 rings (SSSR count). The van der Waals surface area contributed by atoms with E-state index >= 15 is 0 Å². The number of amides is 1. The maximum absolute atomic E-state index is 13.8. The van der Waals surface area contributed by atoms with Crippen LogP contribution in [0.25, 0.3) is 11.3 Å². The summed E-state index contributed by atoms with van der Waals surface area (Å²) in [6, 6.07) is 9.75. The number of hydrogen-bond donors (Lipinski definition) is 1. The minimum Gasteiger partial charge on any atom is -0.497 e. The molecule has 2 aliphatic heterocycles. The van der Waals surface area contributed by atoms with Crippen molar-refractivity contribution in [2.24, 2.45) is 7.05 Å². The van der Waals surface area contributed by atoms with Crippen LogP contribution >= 0.6 is 0 Å². The first-order valence-corrected chi connectivity index (χ1v) is 12.0. The molecule has 10 nitrogen and oxygen atoms in total. The van der Waals surface area contributed by atoms with Crippen LogP contribution in [0.2, 0.25) is 0 Å². The van der Waals surface area contributed by atoms with Crippen LogP contribution < -0.4 is 15.0 Å². The molecule has 2 fully saturated rings. The van der Waals surface area contributed by atoms with Crippen molar-refractivity contribution in [1.82, 2.24) is 35.2 Å². The van der Waals surface area contributed by atoms with Crippen molar-refractivity contribution in [3.05, 3.63) is 47.4 Å². The molecule has 1 N–H and O–H groups in total. The van der Waals surface area contributed by atoms with Crippen LogP contribution in [0, 0.1) is 13.8 Å². The summed E-state index contributed by atoms with van der Waals surface area (Å²) in [5.74, 6) is 1.64. The molecule has 35 heavy (non-hydrogen) atoms. The zero-order valence-electron chi connectivity index (χ0n) is 20.8. The first kappa shape index (κ1) is 23.2. The number of rotatable bonds is 5. The number of nitrogens with one attached hydrogen (secondary N) is 1. The highest BCUT2D eigenvalue weighted by Crippen LogP contribution is 2.31. The fraction of sp³-hybridized carbons (Fsp3) is 0.480. The predicted molar refractivity (Wildman–Crippen MR) is 132 cm³/mol. The van der Waals surface area contributed by atoms with E-state index in [9.17, 15) is 4.79 Å². The number of piperazine rings is 1. The number of anilines is 1. The Hall–Kier alpha value is -3.53. The van der Waals surface area contributed by atoms with Crippen molar-refractivity contribution in [3.63, 3.8) is 0 Å². The molecule has 1 spiro atoms. The molecule has 2 aliphatic rings. The summed E-state index contributed by atoms with van der Waals surface area (Å²) in [5, 5.41) is 12.7. The van der Waals surface area contributed by atoms with Gasteiger partial charge in [0.1, 0.15) is 22.7 Å². The molecule has 0 saturated carbocycles. The number of benzene rings is 1. The molecule has 2 saturated heterocycles. The zero-order chi connectivity index (χ0) is 24.6. The number of hydrogen-bond acceptors (Lipinski definition) is 8. The third-order valence-electron chi connectivity index (χ3n) is 6.88. The topological polar surface area (TPSA) is 101 Å². The molecule has 0 aliphatic carbocycles. The Morgan fingerprint density at radius 3 is 2.51 bits per heavy atom. The molecular weight excluding hydrogens is 444 g/mol. The standard InChI is InChI=1S/C25H32N8O2/c1-17-14-18(2)28-24(27-17)32-11-8-25(9-12-32)23(34)33(13-10-26-25)16-21-22(30-31(3)29-21)19-6-5-7-20(15-19)35-4/h5-7,14-15,26H,8-13,16H2,1-4H3. The smallest absolute Gasteiger partial charge is 0.243 e. The van der Waals surface area contributed by atoms with Gasteiger partial charge in [0.05, 0.1) is 13.7 Å². The number of ether oxygens (including phenoxy) is 1. The maximum Gasteiger partial charge on any atom is 0.243 e. The van der Waals surface area contributed by atoms with E-state index < -0.39 is 5.54 Å². The fourth-order valence-electron chi connectivity index (χ4n) is 5.12. The SMILES string of the molecule is COc1cccc(-c2nn(C)nc2CN2CCNC3(CCN(c4nc(C)cc(C)n4)CC3)C2=O)c1. The quantitative estimate of drug-likeness (QED) is 0.596. The van der Waals surface area contributed by atoms with E-state index in [4.69, 9.17) is 4.74 Å². The minimum absolute atomic E-state index is 0.131. The number of nitrogens with zero attached hydrogens (tertiary/aromatic N) is 7. The van der Waals surface area contributed by atoms with Gasteiger partial charge in [-0.2, -0.15) is 15.0 Å². The normalized spacial score (nSPS) is 17.8. The van der Waals surface area contributed by atoms with E-state index in [2.05, 4.69) is 30.4 Å². The number of methoxy groups -OCH3 is 1. The van der Waals surface area contributed by atoms with Gasteiger partial charge in [0.25, 0.3) is 0 Å².